The molecule has 2 aromatic rings. The van der Waals surface area contributed by atoms with Crippen molar-refractivity contribution in [2.75, 3.05) is 18.9 Å². The van der Waals surface area contributed by atoms with E-state index in [1.807, 2.05) is 0 Å². The van der Waals surface area contributed by atoms with E-state index in [9.17, 15) is 30.8 Å². The van der Waals surface area contributed by atoms with E-state index < -0.39 is 50.3 Å². The van der Waals surface area contributed by atoms with Crippen molar-refractivity contribution in [3.63, 3.8) is 0 Å². The topological polar surface area (TPSA) is 120 Å². The highest BCUT2D eigenvalue weighted by Crippen LogP contribution is 2.27. The molecule has 1 N–H and O–H groups in total. The first-order chi connectivity index (χ1) is 12.6. The summed E-state index contributed by atoms with van der Waals surface area (Å²) in [7, 11) is -3.09. The smallest absolute Gasteiger partial charge is 0.355 e. The summed E-state index contributed by atoms with van der Waals surface area (Å²) in [6.07, 6.45) is 0. The van der Waals surface area contributed by atoms with E-state index >= 15 is 0 Å². The minimum Gasteiger partial charge on any atom is -0.467 e. The summed E-state index contributed by atoms with van der Waals surface area (Å²) in [4.78, 5) is 23.3. The summed E-state index contributed by atoms with van der Waals surface area (Å²) in [5.41, 5.74) is -2.15. The van der Waals surface area contributed by atoms with Crippen LogP contribution in [0.1, 0.15) is 16.2 Å². The predicted octanol–water partition coefficient (Wildman–Crippen LogP) is 1.36. The minimum atomic E-state index is -5.40. The second-order valence-corrected chi connectivity index (χ2v) is 6.30. The molecule has 0 bridgehead atoms. The summed E-state index contributed by atoms with van der Waals surface area (Å²) in [6, 6.07) is 0.426. The van der Waals surface area contributed by atoms with E-state index in [1.54, 1.807) is 0 Å². The number of sulfonamides is 1. The fraction of sp³-hybridized carbons (Fsp3) is 0.231. The van der Waals surface area contributed by atoms with Crippen molar-refractivity contribution in [1.82, 2.24) is 15.0 Å². The van der Waals surface area contributed by atoms with E-state index in [-0.39, 0.29) is 12.0 Å². The van der Waals surface area contributed by atoms with Gasteiger partial charge in [-0.05, 0) is 12.1 Å². The van der Waals surface area contributed by atoms with Gasteiger partial charge >= 0.3 is 17.8 Å². The van der Waals surface area contributed by atoms with Crippen LogP contribution in [-0.2, 0) is 10.0 Å². The zero-order chi connectivity index (χ0) is 20.4. The maximum Gasteiger partial charge on any atom is 0.355 e. The summed E-state index contributed by atoms with van der Waals surface area (Å²) < 4.78 is 85.9. The van der Waals surface area contributed by atoms with E-state index in [2.05, 4.69) is 15.0 Å². The molecule has 0 aliphatic rings. The van der Waals surface area contributed by atoms with Crippen molar-refractivity contribution in [3.8, 4) is 12.0 Å². The molecule has 146 valence electrons. The molecule has 9 nitrogen and oxygen atoms in total. The zero-order valence-corrected chi connectivity index (χ0v) is 14.4. The molecule has 0 radical (unpaired) electrons. The van der Waals surface area contributed by atoms with Gasteiger partial charge in [-0.1, -0.05) is 0 Å². The maximum absolute atomic E-state index is 14.0. The Bertz CT molecular complexity index is 965. The number of rotatable bonds is 7. The summed E-state index contributed by atoms with van der Waals surface area (Å²) in [6.45, 7) is 0. The quantitative estimate of drug-likeness (QED) is 0.537. The van der Waals surface area contributed by atoms with Crippen LogP contribution in [0, 0.1) is 11.6 Å². The van der Waals surface area contributed by atoms with Crippen LogP contribution in [0.2, 0.25) is 0 Å². The number of carbonyl (C=O) groups is 1. The van der Waals surface area contributed by atoms with Crippen LogP contribution in [0.5, 0.6) is 12.0 Å². The number of ketones is 1. The Morgan fingerprint density at radius 1 is 1.07 bits per heavy atom. The average Bonchev–Trinajstić information content (AvgIpc) is 2.64. The molecule has 2 rings (SSSR count). The number of hydrogen-bond acceptors (Lipinski definition) is 8. The van der Waals surface area contributed by atoms with Crippen LogP contribution in [0.15, 0.2) is 12.1 Å². The van der Waals surface area contributed by atoms with Crippen LogP contribution in [0.25, 0.3) is 0 Å². The lowest BCUT2D eigenvalue weighted by molar-refractivity contribution is 0.102. The third kappa shape index (κ3) is 4.21. The van der Waals surface area contributed by atoms with Crippen molar-refractivity contribution >= 4 is 21.5 Å². The molecule has 0 unspecified atom stereocenters. The van der Waals surface area contributed by atoms with Gasteiger partial charge in [0, 0.05) is 0 Å². The molecular formula is C13H10F4N4O5S. The van der Waals surface area contributed by atoms with Crippen molar-refractivity contribution in [3.05, 3.63) is 35.2 Å². The number of carbonyl (C=O) groups excluding carboxylic acids is 1. The summed E-state index contributed by atoms with van der Waals surface area (Å²) >= 11 is 0. The van der Waals surface area contributed by atoms with Gasteiger partial charge < -0.3 is 9.47 Å². The van der Waals surface area contributed by atoms with E-state index in [0.29, 0.717) is 12.1 Å². The van der Waals surface area contributed by atoms with Gasteiger partial charge in [-0.2, -0.15) is 18.7 Å². The zero-order valence-electron chi connectivity index (χ0n) is 13.5. The third-order valence-corrected chi connectivity index (χ3v) is 3.94. The summed E-state index contributed by atoms with van der Waals surface area (Å²) in [5.74, 6) is -9.33. The second kappa shape index (κ2) is 7.69. The van der Waals surface area contributed by atoms with Gasteiger partial charge in [0.1, 0.15) is 0 Å². The number of anilines is 1. The first kappa shape index (κ1) is 20.3. The van der Waals surface area contributed by atoms with Gasteiger partial charge in [-0.3, -0.25) is 9.52 Å². The lowest BCUT2D eigenvalue weighted by Crippen LogP contribution is -2.23. The van der Waals surface area contributed by atoms with Crippen molar-refractivity contribution < 1.29 is 40.2 Å². The Morgan fingerprint density at radius 2 is 1.63 bits per heavy atom. The average molecular weight is 410 g/mol. The Balaban J connectivity index is 2.62. The normalized spacial score (nSPS) is 11.4. The van der Waals surface area contributed by atoms with E-state index in [1.165, 1.54) is 0 Å². The Morgan fingerprint density at radius 3 is 2.11 bits per heavy atom. The number of hydrogen-bond donors (Lipinski definition) is 1. The van der Waals surface area contributed by atoms with E-state index in [4.69, 9.17) is 9.47 Å². The van der Waals surface area contributed by atoms with Gasteiger partial charge in [0.15, 0.2) is 11.6 Å². The number of alkyl halides is 2. The van der Waals surface area contributed by atoms with Gasteiger partial charge in [-0.15, -0.1) is 4.98 Å². The second-order valence-electron chi connectivity index (χ2n) is 4.65. The largest absolute Gasteiger partial charge is 0.467 e. The Kier molecular flexibility index (Phi) is 5.78. The molecule has 0 aliphatic heterocycles. The van der Waals surface area contributed by atoms with Crippen LogP contribution in [0.4, 0.5) is 23.2 Å². The predicted molar refractivity (Wildman–Crippen MR) is 81.3 cm³/mol. The van der Waals surface area contributed by atoms with Gasteiger partial charge in [-0.25, -0.2) is 17.2 Å². The molecule has 0 fully saturated rings. The number of nitrogens with zero attached hydrogens (tertiary/aromatic N) is 3. The first-order valence-electron chi connectivity index (χ1n) is 6.77. The highest BCUT2D eigenvalue weighted by molar-refractivity contribution is 7.93. The standard InChI is InChI=1S/C13H10F4N4O5S/c1-25-12-18-10(19-13(20-12)26-2)9(22)5-3-4-6(14)7(15)8(5)21-27(23,24)11(16)17/h3-4,11,21H,1-2H3. The van der Waals surface area contributed by atoms with Crippen LogP contribution < -0.4 is 14.2 Å². The molecule has 0 saturated carbocycles. The Labute approximate surface area is 149 Å². The number of benzene rings is 1. The maximum atomic E-state index is 14.0. The monoisotopic (exact) mass is 410 g/mol. The fourth-order valence-electron chi connectivity index (χ4n) is 1.77. The molecular weight excluding hydrogens is 400 g/mol. The SMILES string of the molecule is COc1nc(OC)nc(C(=O)c2ccc(F)c(F)c2NS(=O)(=O)C(F)F)n1. The van der Waals surface area contributed by atoms with Crippen LogP contribution in [-0.4, -0.2) is 49.1 Å². The molecule has 1 aromatic heterocycles. The molecule has 1 aromatic carbocycles. The number of methoxy groups -OCH3 is 2. The first-order valence-corrected chi connectivity index (χ1v) is 8.32. The van der Waals surface area contributed by atoms with Crippen molar-refractivity contribution in [2.45, 2.75) is 5.76 Å². The van der Waals surface area contributed by atoms with Gasteiger partial charge in [0.25, 0.3) is 10.0 Å². The lowest BCUT2D eigenvalue weighted by Gasteiger charge is -2.13. The minimum absolute atomic E-state index is 0.373. The number of aromatic nitrogens is 3. The molecule has 0 saturated heterocycles. The third-order valence-electron chi connectivity index (χ3n) is 2.98. The number of nitrogens with one attached hydrogen (secondary N) is 1. The molecule has 27 heavy (non-hydrogen) atoms. The van der Waals surface area contributed by atoms with Crippen molar-refractivity contribution in [1.29, 1.82) is 0 Å². The molecule has 0 aliphatic carbocycles. The van der Waals surface area contributed by atoms with E-state index in [0.717, 1.165) is 18.9 Å². The highest BCUT2D eigenvalue weighted by atomic mass is 32.2. The molecule has 0 amide bonds. The van der Waals surface area contributed by atoms with Gasteiger partial charge in [0.2, 0.25) is 11.6 Å². The van der Waals surface area contributed by atoms with Crippen LogP contribution in [0.3, 0.4) is 0 Å². The molecule has 0 atom stereocenters. The van der Waals surface area contributed by atoms with Crippen LogP contribution >= 0.6 is 0 Å². The number of ether oxygens (including phenoxy) is 2. The highest BCUT2D eigenvalue weighted by Gasteiger charge is 2.30. The fourth-order valence-corrected chi connectivity index (χ4v) is 2.34. The Hall–Kier alpha value is -3.03. The molecule has 1 heterocycles. The lowest BCUT2D eigenvalue weighted by atomic mass is 10.1. The van der Waals surface area contributed by atoms with Gasteiger partial charge in [0.05, 0.1) is 25.5 Å². The molecule has 14 heteroatoms. The molecule has 0 spiro atoms. The number of halogens is 4. The van der Waals surface area contributed by atoms with Crippen molar-refractivity contribution in [2.24, 2.45) is 0 Å². The summed E-state index contributed by atoms with van der Waals surface area (Å²) in [5, 5.41) is 0.